The zero-order chi connectivity index (χ0) is 22.9. The Morgan fingerprint density at radius 3 is 2.53 bits per heavy atom. The average molecular weight is 464 g/mol. The fraction of sp³-hybridized carbons (Fsp3) is 0.565. The molecule has 0 spiro atoms. The highest BCUT2D eigenvalue weighted by molar-refractivity contribution is 7.90. The molecule has 7 nitrogen and oxygen atoms in total. The first-order valence-electron chi connectivity index (χ1n) is 11.0. The van der Waals surface area contributed by atoms with E-state index in [-0.39, 0.29) is 11.5 Å². The highest BCUT2D eigenvalue weighted by Gasteiger charge is 2.43. The van der Waals surface area contributed by atoms with Gasteiger partial charge in [0.25, 0.3) is 0 Å². The molecular weight excluding hydrogens is 433 g/mol. The van der Waals surface area contributed by atoms with Crippen molar-refractivity contribution in [1.29, 1.82) is 0 Å². The number of aromatic nitrogens is 2. The minimum atomic E-state index is -3.42. The predicted molar refractivity (Wildman–Crippen MR) is 118 cm³/mol. The van der Waals surface area contributed by atoms with Crippen molar-refractivity contribution in [1.82, 2.24) is 9.97 Å². The van der Waals surface area contributed by atoms with Crippen molar-refractivity contribution in [3.05, 3.63) is 47.5 Å². The van der Waals surface area contributed by atoms with E-state index in [0.29, 0.717) is 35.9 Å². The summed E-state index contributed by atoms with van der Waals surface area (Å²) in [6.45, 7) is 4.28. The fourth-order valence-corrected chi connectivity index (χ4v) is 5.11. The fourth-order valence-electron chi connectivity index (χ4n) is 4.47. The number of ether oxygens (including phenoxy) is 1. The van der Waals surface area contributed by atoms with Gasteiger partial charge in [0.15, 0.2) is 9.84 Å². The Morgan fingerprint density at radius 1 is 1.25 bits per heavy atom. The van der Waals surface area contributed by atoms with Crippen LogP contribution >= 0.6 is 0 Å². The third-order valence-electron chi connectivity index (χ3n) is 6.59. The van der Waals surface area contributed by atoms with Gasteiger partial charge in [-0.25, -0.2) is 22.8 Å². The topological polar surface area (TPSA) is 92.6 Å². The zero-order valence-electron chi connectivity index (χ0n) is 18.4. The van der Waals surface area contributed by atoms with Crippen LogP contribution in [-0.2, 0) is 21.2 Å². The van der Waals surface area contributed by atoms with Crippen molar-refractivity contribution in [2.45, 2.75) is 43.8 Å². The molecule has 1 aromatic carbocycles. The SMILES string of the molecule is CC(O)c1cnc(N2CCC([C@H]3C[C@H]3COCc3ccc(S(C)(=O)=O)cc3F)CC2)nc1. The molecule has 1 saturated carbocycles. The first-order chi connectivity index (χ1) is 15.2. The lowest BCUT2D eigenvalue weighted by atomic mass is 9.91. The first-order valence-corrected chi connectivity index (χ1v) is 12.9. The molecule has 0 bridgehead atoms. The van der Waals surface area contributed by atoms with Gasteiger partial charge in [-0.3, -0.25) is 0 Å². The van der Waals surface area contributed by atoms with E-state index in [9.17, 15) is 17.9 Å². The van der Waals surface area contributed by atoms with Gasteiger partial charge in [0.05, 0.1) is 24.2 Å². The Labute approximate surface area is 188 Å². The first kappa shape index (κ1) is 23.1. The Hall–Kier alpha value is -2.10. The zero-order valence-corrected chi connectivity index (χ0v) is 19.3. The van der Waals surface area contributed by atoms with Crippen LogP contribution in [0.15, 0.2) is 35.5 Å². The molecule has 174 valence electrons. The number of halogens is 1. The van der Waals surface area contributed by atoms with Gasteiger partial charge >= 0.3 is 0 Å². The highest BCUT2D eigenvalue weighted by Crippen LogP contribution is 2.48. The lowest BCUT2D eigenvalue weighted by Gasteiger charge is -2.32. The minimum absolute atomic E-state index is 0.0170. The summed E-state index contributed by atoms with van der Waals surface area (Å²) >= 11 is 0. The van der Waals surface area contributed by atoms with Crippen molar-refractivity contribution in [3.8, 4) is 0 Å². The van der Waals surface area contributed by atoms with Gasteiger partial charge in [0.1, 0.15) is 5.82 Å². The van der Waals surface area contributed by atoms with Crippen molar-refractivity contribution >= 4 is 15.8 Å². The molecular formula is C23H30FN3O4S. The molecule has 0 amide bonds. The van der Waals surface area contributed by atoms with E-state index in [0.717, 1.165) is 50.2 Å². The number of hydrogen-bond donors (Lipinski definition) is 1. The normalized spacial score (nSPS) is 22.7. The Bertz CT molecular complexity index is 1040. The number of benzene rings is 1. The molecule has 1 aliphatic carbocycles. The Balaban J connectivity index is 1.20. The second-order valence-corrected chi connectivity index (χ2v) is 11.0. The van der Waals surface area contributed by atoms with Gasteiger partial charge in [0.2, 0.25) is 5.95 Å². The summed E-state index contributed by atoms with van der Waals surface area (Å²) in [4.78, 5) is 11.0. The van der Waals surface area contributed by atoms with Crippen LogP contribution in [0.2, 0.25) is 0 Å². The summed E-state index contributed by atoms with van der Waals surface area (Å²) in [5.74, 6) is 1.98. The molecule has 3 atom stereocenters. The summed E-state index contributed by atoms with van der Waals surface area (Å²) in [6.07, 6.45) is 7.19. The van der Waals surface area contributed by atoms with Crippen LogP contribution in [0.25, 0.3) is 0 Å². The molecule has 9 heteroatoms. The van der Waals surface area contributed by atoms with Crippen molar-refractivity contribution in [2.24, 2.45) is 17.8 Å². The maximum absolute atomic E-state index is 14.2. The van der Waals surface area contributed by atoms with Gasteiger partial charge in [-0.2, -0.15) is 0 Å². The summed E-state index contributed by atoms with van der Waals surface area (Å²) < 4.78 is 42.9. The number of aliphatic hydroxyl groups excluding tert-OH is 1. The predicted octanol–water partition coefficient (Wildman–Crippen LogP) is 3.14. The van der Waals surface area contributed by atoms with E-state index < -0.39 is 21.8 Å². The van der Waals surface area contributed by atoms with E-state index in [1.807, 2.05) is 0 Å². The van der Waals surface area contributed by atoms with Crippen LogP contribution in [0.5, 0.6) is 0 Å². The summed E-state index contributed by atoms with van der Waals surface area (Å²) in [6, 6.07) is 3.97. The number of sulfone groups is 1. The minimum Gasteiger partial charge on any atom is -0.389 e. The van der Waals surface area contributed by atoms with Crippen LogP contribution < -0.4 is 4.90 Å². The molecule has 1 aromatic heterocycles. The molecule has 1 N–H and O–H groups in total. The van der Waals surface area contributed by atoms with Gasteiger partial charge in [0, 0.05) is 42.9 Å². The number of aliphatic hydroxyl groups is 1. The molecule has 2 aromatic rings. The van der Waals surface area contributed by atoms with E-state index >= 15 is 0 Å². The molecule has 0 radical (unpaired) electrons. The quantitative estimate of drug-likeness (QED) is 0.643. The standard InChI is InChI=1S/C23H30FN3O4S/c1-15(28)19-11-25-23(26-12-19)27-7-5-16(6-8-27)21-9-18(21)14-31-13-17-3-4-20(10-22(17)24)32(2,29)30/h3-4,10-12,15-16,18,21,28H,5-9,13-14H2,1-2H3/t15?,18-,21+/m0/s1. The second kappa shape index (κ2) is 9.41. The maximum atomic E-state index is 14.2. The lowest BCUT2D eigenvalue weighted by Crippen LogP contribution is -2.35. The summed E-state index contributed by atoms with van der Waals surface area (Å²) in [7, 11) is -3.42. The number of piperidine rings is 1. The van der Waals surface area contributed by atoms with Gasteiger partial charge in [-0.05, 0) is 56.1 Å². The molecule has 2 heterocycles. The molecule has 1 aliphatic heterocycles. The molecule has 32 heavy (non-hydrogen) atoms. The van der Waals surface area contributed by atoms with Gasteiger partial charge < -0.3 is 14.7 Å². The van der Waals surface area contributed by atoms with E-state index in [4.69, 9.17) is 4.74 Å². The van der Waals surface area contributed by atoms with Gasteiger partial charge in [-0.15, -0.1) is 0 Å². The lowest BCUT2D eigenvalue weighted by molar-refractivity contribution is 0.102. The second-order valence-electron chi connectivity index (χ2n) is 9.02. The largest absolute Gasteiger partial charge is 0.389 e. The third-order valence-corrected chi connectivity index (χ3v) is 7.70. The molecule has 2 fully saturated rings. The maximum Gasteiger partial charge on any atom is 0.225 e. The van der Waals surface area contributed by atoms with Crippen LogP contribution in [-0.4, -0.2) is 49.4 Å². The van der Waals surface area contributed by atoms with Crippen LogP contribution in [0.3, 0.4) is 0 Å². The van der Waals surface area contributed by atoms with E-state index in [1.165, 1.54) is 12.1 Å². The molecule has 1 unspecified atom stereocenters. The number of hydrogen-bond acceptors (Lipinski definition) is 7. The highest BCUT2D eigenvalue weighted by atomic mass is 32.2. The van der Waals surface area contributed by atoms with E-state index in [1.54, 1.807) is 19.3 Å². The van der Waals surface area contributed by atoms with Crippen molar-refractivity contribution in [3.63, 3.8) is 0 Å². The summed E-state index contributed by atoms with van der Waals surface area (Å²) in [5, 5.41) is 9.59. The molecule has 4 rings (SSSR count). The van der Waals surface area contributed by atoms with Crippen molar-refractivity contribution in [2.75, 3.05) is 30.9 Å². The van der Waals surface area contributed by atoms with Crippen LogP contribution in [0.1, 0.15) is 43.4 Å². The molecule has 1 saturated heterocycles. The smallest absolute Gasteiger partial charge is 0.225 e. The number of nitrogens with zero attached hydrogens (tertiary/aromatic N) is 3. The molecule has 2 aliphatic rings. The van der Waals surface area contributed by atoms with E-state index in [2.05, 4.69) is 14.9 Å². The van der Waals surface area contributed by atoms with Crippen molar-refractivity contribution < 1.29 is 22.7 Å². The van der Waals surface area contributed by atoms with Crippen LogP contribution in [0, 0.1) is 23.6 Å². The number of rotatable bonds is 8. The summed E-state index contributed by atoms with van der Waals surface area (Å²) in [5.41, 5.74) is 1.10. The monoisotopic (exact) mass is 463 g/mol. The number of anilines is 1. The van der Waals surface area contributed by atoms with Gasteiger partial charge in [-0.1, -0.05) is 6.07 Å². The Morgan fingerprint density at radius 2 is 1.94 bits per heavy atom. The average Bonchev–Trinajstić information content (AvgIpc) is 3.54. The third kappa shape index (κ3) is 5.44. The Kier molecular flexibility index (Phi) is 6.78. The van der Waals surface area contributed by atoms with Crippen LogP contribution in [0.4, 0.5) is 10.3 Å².